The van der Waals surface area contributed by atoms with Gasteiger partial charge in [-0.1, -0.05) is 24.3 Å². The fourth-order valence-corrected chi connectivity index (χ4v) is 2.70. The summed E-state index contributed by atoms with van der Waals surface area (Å²) < 4.78 is 12.4. The Kier molecular flexibility index (Phi) is 5.96. The molecule has 144 valence electrons. The molecule has 1 amide bonds. The first kappa shape index (κ1) is 19.0. The minimum absolute atomic E-state index is 0.173. The summed E-state index contributed by atoms with van der Waals surface area (Å²) in [6, 6.07) is 12.5. The number of amides is 1. The Morgan fingerprint density at radius 1 is 1.21 bits per heavy atom. The predicted octanol–water partition coefficient (Wildman–Crippen LogP) is 3.22. The molecule has 1 aromatic heterocycles. The maximum Gasteiger partial charge on any atom is 0.330 e. The first-order valence-electron chi connectivity index (χ1n) is 8.70. The average molecular weight is 379 g/mol. The van der Waals surface area contributed by atoms with Crippen LogP contribution < -0.4 is 20.5 Å². The Bertz CT molecular complexity index is 1050. The maximum absolute atomic E-state index is 12.3. The molecule has 2 aromatic carbocycles. The van der Waals surface area contributed by atoms with Crippen LogP contribution in [0.15, 0.2) is 65.7 Å². The molecule has 1 heterocycles. The van der Waals surface area contributed by atoms with Gasteiger partial charge in [0.1, 0.15) is 0 Å². The van der Waals surface area contributed by atoms with E-state index in [0.717, 1.165) is 5.56 Å². The van der Waals surface area contributed by atoms with Crippen LogP contribution in [0.5, 0.6) is 11.5 Å². The summed E-state index contributed by atoms with van der Waals surface area (Å²) in [5.74, 6) is 0.717. The lowest BCUT2D eigenvalue weighted by Crippen LogP contribution is -2.20. The van der Waals surface area contributed by atoms with Crippen molar-refractivity contribution in [3.63, 3.8) is 0 Å². The fourth-order valence-electron chi connectivity index (χ4n) is 2.70. The summed E-state index contributed by atoms with van der Waals surface area (Å²) in [6.45, 7) is 1.76. The number of rotatable bonds is 7. The topological polar surface area (TPSA) is 85.4 Å². The minimum atomic E-state index is -0.321. The Morgan fingerprint density at radius 3 is 2.79 bits per heavy atom. The molecule has 3 rings (SSSR count). The monoisotopic (exact) mass is 379 g/mol. The molecule has 0 aliphatic heterocycles. The van der Waals surface area contributed by atoms with Crippen molar-refractivity contribution in [3.8, 4) is 17.2 Å². The largest absolute Gasteiger partial charge is 0.493 e. The lowest BCUT2D eigenvalue weighted by atomic mass is 10.2. The highest BCUT2D eigenvalue weighted by Crippen LogP contribution is 2.28. The van der Waals surface area contributed by atoms with Gasteiger partial charge in [-0.2, -0.15) is 0 Å². The number of aromatic amines is 1. The van der Waals surface area contributed by atoms with Crippen molar-refractivity contribution in [2.24, 2.45) is 0 Å². The van der Waals surface area contributed by atoms with Gasteiger partial charge in [0.2, 0.25) is 0 Å². The van der Waals surface area contributed by atoms with Crippen LogP contribution in [0.4, 0.5) is 5.69 Å². The Balaban J connectivity index is 1.65. The van der Waals surface area contributed by atoms with Crippen molar-refractivity contribution in [2.75, 3.05) is 19.0 Å². The standard InChI is InChI=1S/C21H21N3O4/c1-3-5-15-8-9-18(19(12-15)27-2)28-14-20(25)23-16-6-4-7-17(13-16)24-11-10-22-21(24)26/h3-13H,14H2,1-2H3,(H,22,26)(H,23,25). The Labute approximate surface area is 162 Å². The number of nitrogens with zero attached hydrogens (tertiary/aromatic N) is 1. The normalized spacial score (nSPS) is 10.8. The van der Waals surface area contributed by atoms with E-state index in [1.807, 2.05) is 31.2 Å². The molecule has 0 atom stereocenters. The number of allylic oxidation sites excluding steroid dienone is 1. The SMILES string of the molecule is CC=Cc1ccc(OCC(=O)Nc2cccc(-n3cc[nH]c3=O)c2)c(OC)c1. The quantitative estimate of drug-likeness (QED) is 0.660. The van der Waals surface area contributed by atoms with E-state index in [4.69, 9.17) is 9.47 Å². The van der Waals surface area contributed by atoms with E-state index in [1.165, 1.54) is 4.57 Å². The fraction of sp³-hybridized carbons (Fsp3) is 0.143. The highest BCUT2D eigenvalue weighted by atomic mass is 16.5. The molecule has 0 fully saturated rings. The summed E-state index contributed by atoms with van der Waals surface area (Å²) in [5.41, 5.74) is 1.94. The number of anilines is 1. The second kappa shape index (κ2) is 8.77. The van der Waals surface area contributed by atoms with Crippen LogP contribution in [-0.2, 0) is 4.79 Å². The lowest BCUT2D eigenvalue weighted by Gasteiger charge is -2.12. The second-order valence-electron chi connectivity index (χ2n) is 5.93. The van der Waals surface area contributed by atoms with Gasteiger partial charge in [0, 0.05) is 18.1 Å². The van der Waals surface area contributed by atoms with Crippen molar-refractivity contribution >= 4 is 17.7 Å². The van der Waals surface area contributed by atoms with E-state index in [9.17, 15) is 9.59 Å². The molecule has 0 aliphatic carbocycles. The zero-order valence-corrected chi connectivity index (χ0v) is 15.6. The van der Waals surface area contributed by atoms with Crippen molar-refractivity contribution in [2.45, 2.75) is 6.92 Å². The number of aromatic nitrogens is 2. The van der Waals surface area contributed by atoms with E-state index in [0.29, 0.717) is 22.9 Å². The van der Waals surface area contributed by atoms with E-state index < -0.39 is 0 Å². The zero-order valence-electron chi connectivity index (χ0n) is 15.6. The average Bonchev–Trinajstić information content (AvgIpc) is 3.13. The summed E-state index contributed by atoms with van der Waals surface area (Å²) >= 11 is 0. The molecule has 0 radical (unpaired) electrons. The maximum atomic E-state index is 12.3. The second-order valence-corrected chi connectivity index (χ2v) is 5.93. The van der Waals surface area contributed by atoms with E-state index in [2.05, 4.69) is 10.3 Å². The minimum Gasteiger partial charge on any atom is -0.493 e. The number of nitrogens with one attached hydrogen (secondary N) is 2. The molecular weight excluding hydrogens is 358 g/mol. The molecule has 0 unspecified atom stereocenters. The predicted molar refractivity (Wildman–Crippen MR) is 108 cm³/mol. The lowest BCUT2D eigenvalue weighted by molar-refractivity contribution is -0.118. The molecule has 0 saturated carbocycles. The highest BCUT2D eigenvalue weighted by molar-refractivity contribution is 5.92. The Hall–Kier alpha value is -3.74. The summed E-state index contributed by atoms with van der Waals surface area (Å²) in [6.07, 6.45) is 7.05. The smallest absolute Gasteiger partial charge is 0.330 e. The van der Waals surface area contributed by atoms with Crippen molar-refractivity contribution < 1.29 is 14.3 Å². The molecule has 7 nitrogen and oxygen atoms in total. The first-order valence-corrected chi connectivity index (χ1v) is 8.70. The number of carbonyl (C=O) groups is 1. The van der Waals surface area contributed by atoms with Gasteiger partial charge in [-0.05, 0) is 42.8 Å². The molecule has 3 aromatic rings. The highest BCUT2D eigenvalue weighted by Gasteiger charge is 2.09. The van der Waals surface area contributed by atoms with Crippen molar-refractivity contribution in [1.29, 1.82) is 0 Å². The molecular formula is C21H21N3O4. The summed E-state index contributed by atoms with van der Waals surface area (Å²) in [7, 11) is 1.55. The number of hydrogen-bond donors (Lipinski definition) is 2. The van der Waals surface area contributed by atoms with Crippen LogP contribution in [0.1, 0.15) is 12.5 Å². The number of carbonyl (C=O) groups excluding carboxylic acids is 1. The molecule has 7 heteroatoms. The summed E-state index contributed by atoms with van der Waals surface area (Å²) in [4.78, 5) is 26.6. The Morgan fingerprint density at radius 2 is 2.07 bits per heavy atom. The first-order chi connectivity index (χ1) is 13.6. The third-order valence-electron chi connectivity index (χ3n) is 3.96. The zero-order chi connectivity index (χ0) is 19.9. The van der Waals surface area contributed by atoms with Crippen LogP contribution in [-0.4, -0.2) is 29.2 Å². The van der Waals surface area contributed by atoms with E-state index in [1.54, 1.807) is 49.8 Å². The van der Waals surface area contributed by atoms with Gasteiger partial charge in [-0.25, -0.2) is 4.79 Å². The number of hydrogen-bond acceptors (Lipinski definition) is 4. The third kappa shape index (κ3) is 4.50. The number of methoxy groups -OCH3 is 1. The number of H-pyrrole nitrogens is 1. The molecule has 0 spiro atoms. The van der Waals surface area contributed by atoms with Gasteiger partial charge in [0.05, 0.1) is 12.8 Å². The van der Waals surface area contributed by atoms with Crippen LogP contribution in [0.25, 0.3) is 11.8 Å². The van der Waals surface area contributed by atoms with Gasteiger partial charge >= 0.3 is 5.69 Å². The molecule has 0 bridgehead atoms. The van der Waals surface area contributed by atoms with Gasteiger partial charge < -0.3 is 19.8 Å². The molecule has 2 N–H and O–H groups in total. The van der Waals surface area contributed by atoms with Crippen LogP contribution in [0.3, 0.4) is 0 Å². The third-order valence-corrected chi connectivity index (χ3v) is 3.96. The van der Waals surface area contributed by atoms with Gasteiger partial charge in [-0.15, -0.1) is 0 Å². The van der Waals surface area contributed by atoms with E-state index >= 15 is 0 Å². The van der Waals surface area contributed by atoms with Gasteiger partial charge in [0.15, 0.2) is 18.1 Å². The number of ether oxygens (including phenoxy) is 2. The number of imidazole rings is 1. The van der Waals surface area contributed by atoms with Crippen LogP contribution in [0, 0.1) is 0 Å². The van der Waals surface area contributed by atoms with E-state index in [-0.39, 0.29) is 18.2 Å². The number of benzene rings is 2. The van der Waals surface area contributed by atoms with Crippen molar-refractivity contribution in [3.05, 3.63) is 77.0 Å². The van der Waals surface area contributed by atoms with Crippen LogP contribution in [0.2, 0.25) is 0 Å². The van der Waals surface area contributed by atoms with Crippen molar-refractivity contribution in [1.82, 2.24) is 9.55 Å². The summed E-state index contributed by atoms with van der Waals surface area (Å²) in [5, 5.41) is 2.76. The van der Waals surface area contributed by atoms with Crippen LogP contribution >= 0.6 is 0 Å². The van der Waals surface area contributed by atoms with Gasteiger partial charge in [0.25, 0.3) is 5.91 Å². The van der Waals surface area contributed by atoms with Gasteiger partial charge in [-0.3, -0.25) is 9.36 Å². The molecule has 0 aliphatic rings. The molecule has 0 saturated heterocycles. The molecule has 28 heavy (non-hydrogen) atoms.